The molecule has 0 aliphatic rings. The summed E-state index contributed by atoms with van der Waals surface area (Å²) in [5.41, 5.74) is 8.19. The van der Waals surface area contributed by atoms with Crippen molar-refractivity contribution in [1.29, 1.82) is 0 Å². The molecular formula is C14H17BrFN3O. The van der Waals surface area contributed by atoms with Gasteiger partial charge in [-0.3, -0.25) is 4.68 Å². The summed E-state index contributed by atoms with van der Waals surface area (Å²) in [6.07, 6.45) is 0. The summed E-state index contributed by atoms with van der Waals surface area (Å²) in [5.74, 6) is -0.199. The summed E-state index contributed by atoms with van der Waals surface area (Å²) >= 11 is 3.45. The average Bonchev–Trinajstić information content (AvgIpc) is 2.62. The SMILES string of the molecule is Cc1nn(C)c(COc2ccc(C(C)N)cc2F)c1Br. The van der Waals surface area contributed by atoms with Gasteiger partial charge in [0.05, 0.1) is 15.9 Å². The topological polar surface area (TPSA) is 53.1 Å². The minimum Gasteiger partial charge on any atom is -0.484 e. The predicted octanol–water partition coefficient (Wildman–Crippen LogP) is 3.23. The Labute approximate surface area is 125 Å². The second-order valence-electron chi connectivity index (χ2n) is 4.74. The van der Waals surface area contributed by atoms with Crippen LogP contribution in [0.4, 0.5) is 4.39 Å². The van der Waals surface area contributed by atoms with Crippen LogP contribution in [0.3, 0.4) is 0 Å². The molecule has 1 aromatic heterocycles. The molecule has 1 unspecified atom stereocenters. The maximum Gasteiger partial charge on any atom is 0.165 e. The molecule has 0 saturated carbocycles. The lowest BCUT2D eigenvalue weighted by Crippen LogP contribution is -2.07. The van der Waals surface area contributed by atoms with Gasteiger partial charge in [0.15, 0.2) is 11.6 Å². The lowest BCUT2D eigenvalue weighted by Gasteiger charge is -2.11. The third kappa shape index (κ3) is 3.02. The number of ether oxygens (including phenoxy) is 1. The van der Waals surface area contributed by atoms with Crippen LogP contribution in [-0.4, -0.2) is 9.78 Å². The predicted molar refractivity (Wildman–Crippen MR) is 79.0 cm³/mol. The number of nitrogens with zero attached hydrogens (tertiary/aromatic N) is 2. The van der Waals surface area contributed by atoms with Gasteiger partial charge in [-0.25, -0.2) is 4.39 Å². The number of nitrogens with two attached hydrogens (primary N) is 1. The molecular weight excluding hydrogens is 325 g/mol. The normalized spacial score (nSPS) is 12.5. The number of rotatable bonds is 4. The molecule has 1 atom stereocenters. The number of hydrogen-bond acceptors (Lipinski definition) is 3. The number of aromatic nitrogens is 2. The van der Waals surface area contributed by atoms with E-state index in [2.05, 4.69) is 21.0 Å². The van der Waals surface area contributed by atoms with Crippen LogP contribution in [0.5, 0.6) is 5.75 Å². The van der Waals surface area contributed by atoms with Crippen LogP contribution in [0.2, 0.25) is 0 Å². The van der Waals surface area contributed by atoms with Gasteiger partial charge >= 0.3 is 0 Å². The van der Waals surface area contributed by atoms with E-state index in [1.807, 2.05) is 20.9 Å². The van der Waals surface area contributed by atoms with Crippen molar-refractivity contribution in [2.75, 3.05) is 0 Å². The van der Waals surface area contributed by atoms with E-state index in [9.17, 15) is 4.39 Å². The molecule has 2 aromatic rings. The van der Waals surface area contributed by atoms with E-state index in [4.69, 9.17) is 10.5 Å². The zero-order valence-corrected chi connectivity index (χ0v) is 13.2. The van der Waals surface area contributed by atoms with Crippen LogP contribution in [0, 0.1) is 12.7 Å². The molecule has 6 heteroatoms. The Morgan fingerprint density at radius 1 is 1.50 bits per heavy atom. The number of aryl methyl sites for hydroxylation is 2. The van der Waals surface area contributed by atoms with Crippen molar-refractivity contribution in [3.63, 3.8) is 0 Å². The Hall–Kier alpha value is -1.40. The molecule has 0 fully saturated rings. The molecule has 2 N–H and O–H groups in total. The van der Waals surface area contributed by atoms with Gasteiger partial charge in [0.25, 0.3) is 0 Å². The van der Waals surface area contributed by atoms with Gasteiger partial charge in [-0.2, -0.15) is 5.10 Å². The summed E-state index contributed by atoms with van der Waals surface area (Å²) < 4.78 is 22.0. The van der Waals surface area contributed by atoms with Crippen molar-refractivity contribution in [3.8, 4) is 5.75 Å². The highest BCUT2D eigenvalue weighted by Crippen LogP contribution is 2.25. The van der Waals surface area contributed by atoms with Gasteiger partial charge in [-0.1, -0.05) is 6.07 Å². The summed E-state index contributed by atoms with van der Waals surface area (Å²) in [4.78, 5) is 0. The molecule has 2 rings (SSSR count). The van der Waals surface area contributed by atoms with Gasteiger partial charge in [-0.15, -0.1) is 0 Å². The van der Waals surface area contributed by atoms with E-state index in [0.29, 0.717) is 0 Å². The molecule has 0 amide bonds. The zero-order chi connectivity index (χ0) is 14.9. The van der Waals surface area contributed by atoms with Gasteiger partial charge in [-0.05, 0) is 47.5 Å². The first-order valence-electron chi connectivity index (χ1n) is 6.26. The van der Waals surface area contributed by atoms with Crippen molar-refractivity contribution in [2.24, 2.45) is 12.8 Å². The molecule has 1 aromatic carbocycles. The molecule has 0 aliphatic carbocycles. The molecule has 0 spiro atoms. The molecule has 108 valence electrons. The maximum atomic E-state index is 13.9. The van der Waals surface area contributed by atoms with E-state index < -0.39 is 5.82 Å². The van der Waals surface area contributed by atoms with Crippen LogP contribution < -0.4 is 10.5 Å². The molecule has 1 heterocycles. The molecule has 4 nitrogen and oxygen atoms in total. The standard InChI is InChI=1S/C14H17BrFN3O/c1-8(17)10-4-5-13(11(16)6-10)20-7-12-14(15)9(2)18-19(12)3/h4-6,8H,7,17H2,1-3H3. The van der Waals surface area contributed by atoms with Crippen molar-refractivity contribution in [3.05, 3.63) is 45.4 Å². The molecule has 0 radical (unpaired) electrons. The second kappa shape index (κ2) is 5.93. The van der Waals surface area contributed by atoms with E-state index >= 15 is 0 Å². The summed E-state index contributed by atoms with van der Waals surface area (Å²) in [6, 6.07) is 4.58. The lowest BCUT2D eigenvalue weighted by molar-refractivity contribution is 0.279. The summed E-state index contributed by atoms with van der Waals surface area (Å²) in [5, 5.41) is 4.26. The van der Waals surface area contributed by atoms with Crippen LogP contribution in [0.1, 0.15) is 29.9 Å². The van der Waals surface area contributed by atoms with Crippen LogP contribution in [0.15, 0.2) is 22.7 Å². The molecule has 0 aliphatic heterocycles. The van der Waals surface area contributed by atoms with Crippen molar-refractivity contribution >= 4 is 15.9 Å². The Kier molecular flexibility index (Phi) is 4.45. The summed E-state index contributed by atoms with van der Waals surface area (Å²) in [6.45, 7) is 3.95. The second-order valence-corrected chi connectivity index (χ2v) is 5.53. The van der Waals surface area contributed by atoms with E-state index in [-0.39, 0.29) is 18.4 Å². The first-order chi connectivity index (χ1) is 9.40. The fourth-order valence-corrected chi connectivity index (χ4v) is 2.35. The highest BCUT2D eigenvalue weighted by atomic mass is 79.9. The Morgan fingerprint density at radius 3 is 2.70 bits per heavy atom. The largest absolute Gasteiger partial charge is 0.484 e. The van der Waals surface area contributed by atoms with Crippen LogP contribution in [0.25, 0.3) is 0 Å². The first kappa shape index (κ1) is 15.0. The molecule has 20 heavy (non-hydrogen) atoms. The quantitative estimate of drug-likeness (QED) is 0.928. The highest BCUT2D eigenvalue weighted by molar-refractivity contribution is 9.10. The van der Waals surface area contributed by atoms with Crippen LogP contribution in [-0.2, 0) is 13.7 Å². The van der Waals surface area contributed by atoms with Gasteiger partial charge in [0, 0.05) is 13.1 Å². The highest BCUT2D eigenvalue weighted by Gasteiger charge is 2.13. The molecule has 0 bridgehead atoms. The average molecular weight is 342 g/mol. The monoisotopic (exact) mass is 341 g/mol. The fraction of sp³-hybridized carbons (Fsp3) is 0.357. The minimum absolute atomic E-state index is 0.201. The van der Waals surface area contributed by atoms with Crippen molar-refractivity contribution in [1.82, 2.24) is 9.78 Å². The third-order valence-electron chi connectivity index (χ3n) is 3.11. The third-order valence-corrected chi connectivity index (χ3v) is 4.14. The Bertz CT molecular complexity index is 625. The van der Waals surface area contributed by atoms with Gasteiger partial charge in [0.1, 0.15) is 6.61 Å². The maximum absolute atomic E-state index is 13.9. The number of hydrogen-bond donors (Lipinski definition) is 1. The van der Waals surface area contributed by atoms with Crippen molar-refractivity contribution < 1.29 is 9.13 Å². The van der Waals surface area contributed by atoms with Crippen molar-refractivity contribution in [2.45, 2.75) is 26.5 Å². The Morgan fingerprint density at radius 2 is 2.20 bits per heavy atom. The molecule has 0 saturated heterocycles. The van der Waals surface area contributed by atoms with Gasteiger partial charge < -0.3 is 10.5 Å². The first-order valence-corrected chi connectivity index (χ1v) is 7.05. The number of benzene rings is 1. The fourth-order valence-electron chi connectivity index (χ4n) is 1.90. The van der Waals surface area contributed by atoms with Gasteiger partial charge in [0.2, 0.25) is 0 Å². The van der Waals surface area contributed by atoms with E-state index in [1.165, 1.54) is 6.07 Å². The Balaban J connectivity index is 2.15. The van der Waals surface area contributed by atoms with E-state index in [0.717, 1.165) is 21.4 Å². The summed E-state index contributed by atoms with van der Waals surface area (Å²) in [7, 11) is 1.83. The minimum atomic E-state index is -0.408. The number of halogens is 2. The lowest BCUT2D eigenvalue weighted by atomic mass is 10.1. The van der Waals surface area contributed by atoms with Crippen LogP contribution >= 0.6 is 15.9 Å². The smallest absolute Gasteiger partial charge is 0.165 e. The van der Waals surface area contributed by atoms with E-state index in [1.54, 1.807) is 16.8 Å². The zero-order valence-electron chi connectivity index (χ0n) is 11.7.